The molecule has 3 rings (SSSR count). The van der Waals surface area contributed by atoms with E-state index in [0.717, 1.165) is 11.1 Å². The molecule has 0 unspecified atom stereocenters. The lowest BCUT2D eigenvalue weighted by molar-refractivity contribution is -0.155. The number of carbonyl (C=O) groups is 3. The molecule has 0 saturated carbocycles. The highest BCUT2D eigenvalue weighted by atomic mass is 35.5. The molecule has 0 radical (unpaired) electrons. The third kappa shape index (κ3) is 8.19. The van der Waals surface area contributed by atoms with E-state index in [9.17, 15) is 14.4 Å². The Morgan fingerprint density at radius 2 is 1.80 bits per heavy atom. The number of carbonyl (C=O) groups excluding carboxylic acids is 3. The maximum Gasteiger partial charge on any atom is 0.329 e. The second-order valence-electron chi connectivity index (χ2n) is 8.64. The molecule has 1 saturated heterocycles. The average molecular weight is 525 g/mol. The Kier molecular flexibility index (Phi) is 12.2. The molecule has 1 aliphatic heterocycles. The van der Waals surface area contributed by atoms with Gasteiger partial charge in [-0.15, -0.1) is 24.8 Å². The minimum atomic E-state index is -1.10. The van der Waals surface area contributed by atoms with E-state index in [4.69, 9.17) is 10.5 Å². The summed E-state index contributed by atoms with van der Waals surface area (Å²) < 4.78 is 5.49. The Morgan fingerprint density at radius 1 is 1.14 bits per heavy atom. The monoisotopic (exact) mass is 524 g/mol. The number of hydrogen-bond donors (Lipinski definition) is 2. The molecule has 8 nitrogen and oxygen atoms in total. The molecule has 192 valence electrons. The van der Waals surface area contributed by atoms with E-state index in [1.807, 2.05) is 37.3 Å². The van der Waals surface area contributed by atoms with Crippen LogP contribution < -0.4 is 11.1 Å². The van der Waals surface area contributed by atoms with Crippen LogP contribution in [0.2, 0.25) is 0 Å². The van der Waals surface area contributed by atoms with Crippen LogP contribution in [0.3, 0.4) is 0 Å². The Morgan fingerprint density at radius 3 is 2.43 bits per heavy atom. The van der Waals surface area contributed by atoms with Gasteiger partial charge in [0.25, 0.3) is 0 Å². The summed E-state index contributed by atoms with van der Waals surface area (Å²) in [6.07, 6.45) is 5.19. The van der Waals surface area contributed by atoms with Gasteiger partial charge in [0.1, 0.15) is 18.7 Å². The fourth-order valence-electron chi connectivity index (χ4n) is 3.74. The number of rotatable bonds is 9. The number of nitrogens with two attached hydrogens (primary N) is 1. The van der Waals surface area contributed by atoms with Crippen molar-refractivity contribution in [1.29, 1.82) is 0 Å². The Labute approximate surface area is 218 Å². The van der Waals surface area contributed by atoms with Gasteiger partial charge in [-0.05, 0) is 49.4 Å². The van der Waals surface area contributed by atoms with Crippen LogP contribution >= 0.6 is 24.8 Å². The van der Waals surface area contributed by atoms with Gasteiger partial charge in [0.15, 0.2) is 0 Å². The summed E-state index contributed by atoms with van der Waals surface area (Å²) in [5.41, 5.74) is 6.73. The first kappa shape index (κ1) is 30.4. The minimum Gasteiger partial charge on any atom is -0.459 e. The van der Waals surface area contributed by atoms with Crippen LogP contribution in [-0.2, 0) is 32.1 Å². The Bertz CT molecular complexity index is 960. The molecule has 0 bridgehead atoms. The third-order valence-corrected chi connectivity index (χ3v) is 6.08. The van der Waals surface area contributed by atoms with Gasteiger partial charge in [-0.25, -0.2) is 4.79 Å². The summed E-state index contributed by atoms with van der Waals surface area (Å²) in [6.45, 7) is 4.03. The number of aromatic nitrogens is 1. The minimum absolute atomic E-state index is 0. The predicted molar refractivity (Wildman–Crippen MR) is 138 cm³/mol. The molecule has 0 spiro atoms. The molecule has 1 aromatic heterocycles. The summed E-state index contributed by atoms with van der Waals surface area (Å²) in [6, 6.07) is 11.5. The number of ether oxygens (including phenoxy) is 1. The van der Waals surface area contributed by atoms with Crippen LogP contribution in [0.5, 0.6) is 0 Å². The van der Waals surface area contributed by atoms with Gasteiger partial charge < -0.3 is 20.7 Å². The normalized spacial score (nSPS) is 17.2. The topological polar surface area (TPSA) is 115 Å². The van der Waals surface area contributed by atoms with Gasteiger partial charge in [0, 0.05) is 25.4 Å². The van der Waals surface area contributed by atoms with Gasteiger partial charge in [-0.1, -0.05) is 37.3 Å². The van der Waals surface area contributed by atoms with E-state index >= 15 is 0 Å². The zero-order chi connectivity index (χ0) is 23.8. The predicted octanol–water partition coefficient (Wildman–Crippen LogP) is 2.81. The van der Waals surface area contributed by atoms with E-state index in [-0.39, 0.29) is 43.7 Å². The van der Waals surface area contributed by atoms with E-state index in [1.165, 1.54) is 4.90 Å². The first-order valence-corrected chi connectivity index (χ1v) is 11.3. The lowest BCUT2D eigenvalue weighted by Gasteiger charge is -2.30. The number of hydrogen-bond acceptors (Lipinski definition) is 6. The van der Waals surface area contributed by atoms with Crippen molar-refractivity contribution in [2.45, 2.75) is 63.8 Å². The third-order valence-electron chi connectivity index (χ3n) is 6.08. The molecule has 35 heavy (non-hydrogen) atoms. The summed E-state index contributed by atoms with van der Waals surface area (Å²) >= 11 is 0. The summed E-state index contributed by atoms with van der Waals surface area (Å²) in [5.74, 6) is -1.15. The Hall–Kier alpha value is -2.68. The highest BCUT2D eigenvalue weighted by Crippen LogP contribution is 2.21. The van der Waals surface area contributed by atoms with Crippen LogP contribution in [0.25, 0.3) is 0 Å². The molecule has 0 aliphatic carbocycles. The molecule has 2 aromatic rings. The number of likely N-dealkylation sites (tertiary alicyclic amines) is 1. The van der Waals surface area contributed by atoms with Gasteiger partial charge in [0.05, 0.1) is 5.54 Å². The maximum atomic E-state index is 13.5. The van der Waals surface area contributed by atoms with Crippen molar-refractivity contribution in [2.75, 3.05) is 6.54 Å². The van der Waals surface area contributed by atoms with E-state index in [0.29, 0.717) is 25.8 Å². The van der Waals surface area contributed by atoms with Gasteiger partial charge in [-0.2, -0.15) is 0 Å². The van der Waals surface area contributed by atoms with Crippen LogP contribution in [0.4, 0.5) is 0 Å². The number of halogens is 2. The molecule has 2 heterocycles. The molecule has 1 fully saturated rings. The zero-order valence-electron chi connectivity index (χ0n) is 20.0. The van der Waals surface area contributed by atoms with Gasteiger partial charge >= 0.3 is 5.97 Å². The number of benzene rings is 1. The number of pyridine rings is 1. The first-order chi connectivity index (χ1) is 15.8. The number of amides is 2. The quantitative estimate of drug-likeness (QED) is 0.487. The molecule has 1 aromatic carbocycles. The van der Waals surface area contributed by atoms with Crippen molar-refractivity contribution in [3.05, 3.63) is 66.0 Å². The van der Waals surface area contributed by atoms with Crippen molar-refractivity contribution < 1.29 is 19.1 Å². The summed E-state index contributed by atoms with van der Waals surface area (Å²) in [7, 11) is 0. The van der Waals surface area contributed by atoms with E-state index in [2.05, 4.69) is 10.3 Å². The first-order valence-electron chi connectivity index (χ1n) is 11.3. The van der Waals surface area contributed by atoms with Gasteiger partial charge in [0.2, 0.25) is 11.8 Å². The zero-order valence-corrected chi connectivity index (χ0v) is 21.6. The molecule has 1 aliphatic rings. The van der Waals surface area contributed by atoms with E-state index in [1.54, 1.807) is 31.5 Å². The fraction of sp³-hybridized carbons (Fsp3) is 0.440. The van der Waals surface area contributed by atoms with Crippen molar-refractivity contribution in [2.24, 2.45) is 5.73 Å². The van der Waals surface area contributed by atoms with E-state index < -0.39 is 29.5 Å². The Balaban J connectivity index is 0.00000306. The van der Waals surface area contributed by atoms with Crippen molar-refractivity contribution in [3.8, 4) is 0 Å². The standard InChI is InChI=1S/C25H32N4O4.2ClH/c1-3-25(2,26)24(32)28-20(16-18-11-13-27-14-12-18)22(30)29-15-7-10-21(29)23(31)33-17-19-8-5-4-6-9-19;;/h4-6,8-9,11-14,20-21H,3,7,10,15-17,26H2,1-2H3,(H,28,32);2*1H/t20-,21+,25-;;/m0../s1. The van der Waals surface area contributed by atoms with Crippen molar-refractivity contribution >= 4 is 42.6 Å². The highest BCUT2D eigenvalue weighted by Gasteiger charge is 2.39. The van der Waals surface area contributed by atoms with Crippen LogP contribution in [0, 0.1) is 0 Å². The number of nitrogens with zero attached hydrogens (tertiary/aromatic N) is 2. The molecule has 2 amide bonds. The molecule has 3 N–H and O–H groups in total. The number of nitrogens with one attached hydrogen (secondary N) is 1. The fourth-order valence-corrected chi connectivity index (χ4v) is 3.74. The summed E-state index contributed by atoms with van der Waals surface area (Å²) in [5, 5.41) is 2.82. The van der Waals surface area contributed by atoms with Crippen LogP contribution in [-0.4, -0.2) is 51.8 Å². The second-order valence-corrected chi connectivity index (χ2v) is 8.64. The molecular weight excluding hydrogens is 491 g/mol. The van der Waals surface area contributed by atoms with Crippen molar-refractivity contribution in [3.63, 3.8) is 0 Å². The number of esters is 1. The maximum absolute atomic E-state index is 13.5. The highest BCUT2D eigenvalue weighted by molar-refractivity contribution is 5.93. The van der Waals surface area contributed by atoms with Crippen LogP contribution in [0.15, 0.2) is 54.9 Å². The average Bonchev–Trinajstić information content (AvgIpc) is 3.33. The lowest BCUT2D eigenvalue weighted by atomic mass is 9.97. The molecule has 10 heteroatoms. The SMILES string of the molecule is CC[C@](C)(N)C(=O)N[C@@H](Cc1ccncc1)C(=O)N1CCC[C@@H]1C(=O)OCc1ccccc1.Cl.Cl. The van der Waals surface area contributed by atoms with Crippen molar-refractivity contribution in [1.82, 2.24) is 15.2 Å². The lowest BCUT2D eigenvalue weighted by Crippen LogP contribution is -2.59. The second kappa shape index (κ2) is 14.0. The molecule has 3 atom stereocenters. The largest absolute Gasteiger partial charge is 0.459 e. The van der Waals surface area contributed by atoms with Crippen LogP contribution in [0.1, 0.15) is 44.2 Å². The summed E-state index contributed by atoms with van der Waals surface area (Å²) in [4.78, 5) is 44.7. The molecular formula is C25H34Cl2N4O4. The smallest absolute Gasteiger partial charge is 0.329 e. The van der Waals surface area contributed by atoms with Gasteiger partial charge in [-0.3, -0.25) is 14.6 Å².